The molecule has 0 saturated heterocycles. The Morgan fingerprint density at radius 3 is 2.85 bits per heavy atom. The number of methoxy groups -OCH3 is 1. The smallest absolute Gasteiger partial charge is 0.310 e. The lowest BCUT2D eigenvalue weighted by atomic mass is 10.2. The van der Waals surface area contributed by atoms with Crippen molar-refractivity contribution in [2.24, 2.45) is 0 Å². The molecule has 1 heterocycles. The molecule has 20 heavy (non-hydrogen) atoms. The summed E-state index contributed by atoms with van der Waals surface area (Å²) in [5.41, 5.74) is 0.694. The van der Waals surface area contributed by atoms with Crippen LogP contribution in [-0.2, 0) is 0 Å². The van der Waals surface area contributed by atoms with Crippen LogP contribution in [0.4, 0.5) is 5.69 Å². The van der Waals surface area contributed by atoms with Crippen LogP contribution < -0.4 is 4.74 Å². The summed E-state index contributed by atoms with van der Waals surface area (Å²) in [7, 11) is 1.41. The van der Waals surface area contributed by atoms with Crippen LogP contribution in [0, 0.1) is 10.1 Å². The van der Waals surface area contributed by atoms with Gasteiger partial charge < -0.3 is 4.74 Å². The molecule has 0 radical (unpaired) electrons. The number of aromatic nitrogens is 2. The number of hydrogen-bond donors (Lipinski definition) is 0. The molecule has 2 aromatic rings. The highest BCUT2D eigenvalue weighted by molar-refractivity contribution is 9.09. The quantitative estimate of drug-likeness (QED) is 0.459. The molecule has 0 spiro atoms. The first-order valence-corrected chi connectivity index (χ1v) is 7.60. The summed E-state index contributed by atoms with van der Waals surface area (Å²) < 4.78 is 5.05. The highest BCUT2D eigenvalue weighted by Crippen LogP contribution is 2.36. The molecule has 0 saturated carbocycles. The van der Waals surface area contributed by atoms with E-state index in [2.05, 4.69) is 33.1 Å². The third kappa shape index (κ3) is 2.96. The van der Waals surface area contributed by atoms with Crippen molar-refractivity contribution in [1.82, 2.24) is 10.2 Å². The first-order chi connectivity index (χ1) is 9.56. The van der Waals surface area contributed by atoms with E-state index in [0.717, 1.165) is 17.0 Å². The molecule has 1 aromatic heterocycles. The van der Waals surface area contributed by atoms with Gasteiger partial charge in [-0.3, -0.25) is 10.1 Å². The molecule has 106 valence electrons. The van der Waals surface area contributed by atoms with Crippen LogP contribution in [0.1, 0.15) is 23.2 Å². The van der Waals surface area contributed by atoms with Gasteiger partial charge in [0, 0.05) is 11.6 Å². The Bertz CT molecular complexity index is 632. The van der Waals surface area contributed by atoms with Crippen molar-refractivity contribution in [2.45, 2.75) is 18.2 Å². The zero-order valence-electron chi connectivity index (χ0n) is 10.9. The molecule has 0 aliphatic rings. The predicted octanol–water partition coefficient (Wildman–Crippen LogP) is 3.97. The molecule has 8 heteroatoms. The summed E-state index contributed by atoms with van der Waals surface area (Å²) >= 11 is 4.98. The minimum absolute atomic E-state index is 0.0621. The fourth-order valence-corrected chi connectivity index (χ4v) is 2.89. The fourth-order valence-electron chi connectivity index (χ4n) is 1.61. The second-order valence-electron chi connectivity index (χ2n) is 3.96. The van der Waals surface area contributed by atoms with Crippen LogP contribution in [0.2, 0.25) is 0 Å². The first kappa shape index (κ1) is 14.9. The van der Waals surface area contributed by atoms with E-state index in [4.69, 9.17) is 4.74 Å². The van der Waals surface area contributed by atoms with Crippen molar-refractivity contribution in [3.63, 3.8) is 0 Å². The normalized spacial score (nSPS) is 12.2. The lowest BCUT2D eigenvalue weighted by Crippen LogP contribution is -1.93. The second kappa shape index (κ2) is 6.27. The SMILES string of the molecule is CCC(Br)c1nnc(-c2ccc([N+](=O)[O-])c(OC)c2)s1. The molecule has 1 unspecified atom stereocenters. The number of benzene rings is 1. The highest BCUT2D eigenvalue weighted by atomic mass is 79.9. The van der Waals surface area contributed by atoms with Gasteiger partial charge in [-0.2, -0.15) is 0 Å². The van der Waals surface area contributed by atoms with E-state index < -0.39 is 4.92 Å². The summed E-state index contributed by atoms with van der Waals surface area (Å²) in [4.78, 5) is 10.6. The minimum atomic E-state index is -0.472. The largest absolute Gasteiger partial charge is 0.490 e. The Kier molecular flexibility index (Phi) is 4.66. The number of nitro groups is 1. The van der Waals surface area contributed by atoms with Gasteiger partial charge in [-0.05, 0) is 18.6 Å². The molecule has 0 aliphatic carbocycles. The summed E-state index contributed by atoms with van der Waals surface area (Å²) in [6.45, 7) is 2.05. The van der Waals surface area contributed by atoms with Crippen molar-refractivity contribution >= 4 is 33.0 Å². The summed E-state index contributed by atoms with van der Waals surface area (Å²) in [5, 5.41) is 20.7. The molecule has 1 aromatic carbocycles. The molecule has 0 amide bonds. The van der Waals surface area contributed by atoms with Gasteiger partial charge >= 0.3 is 5.69 Å². The van der Waals surface area contributed by atoms with E-state index in [1.165, 1.54) is 24.5 Å². The Morgan fingerprint density at radius 2 is 2.25 bits per heavy atom. The van der Waals surface area contributed by atoms with Crippen molar-refractivity contribution in [1.29, 1.82) is 0 Å². The molecular weight excluding hydrogens is 346 g/mol. The average Bonchev–Trinajstić information content (AvgIpc) is 2.95. The Labute approximate surface area is 128 Å². The topological polar surface area (TPSA) is 78.2 Å². The van der Waals surface area contributed by atoms with Gasteiger partial charge in [0.2, 0.25) is 0 Å². The van der Waals surface area contributed by atoms with E-state index in [9.17, 15) is 10.1 Å². The fraction of sp³-hybridized carbons (Fsp3) is 0.333. The number of hydrogen-bond acceptors (Lipinski definition) is 6. The van der Waals surface area contributed by atoms with Crippen molar-refractivity contribution in [3.05, 3.63) is 33.3 Å². The van der Waals surface area contributed by atoms with Crippen molar-refractivity contribution in [2.75, 3.05) is 7.11 Å². The van der Waals surface area contributed by atoms with E-state index in [1.807, 2.05) is 0 Å². The first-order valence-electron chi connectivity index (χ1n) is 5.87. The molecule has 0 fully saturated rings. The minimum Gasteiger partial charge on any atom is -0.490 e. The third-order valence-electron chi connectivity index (χ3n) is 2.69. The monoisotopic (exact) mass is 357 g/mol. The van der Waals surface area contributed by atoms with Crippen LogP contribution in [0.15, 0.2) is 18.2 Å². The molecule has 0 aliphatic heterocycles. The van der Waals surface area contributed by atoms with E-state index in [-0.39, 0.29) is 16.3 Å². The Hall–Kier alpha value is -1.54. The third-order valence-corrected chi connectivity index (χ3v) is 5.16. The average molecular weight is 358 g/mol. The van der Waals surface area contributed by atoms with Gasteiger partial charge in [0.25, 0.3) is 0 Å². The van der Waals surface area contributed by atoms with Crippen LogP contribution in [-0.4, -0.2) is 22.2 Å². The molecule has 0 bridgehead atoms. The van der Waals surface area contributed by atoms with Gasteiger partial charge in [0.1, 0.15) is 10.0 Å². The van der Waals surface area contributed by atoms with Crippen LogP contribution in [0.25, 0.3) is 10.6 Å². The maximum Gasteiger partial charge on any atom is 0.310 e. The zero-order chi connectivity index (χ0) is 14.7. The van der Waals surface area contributed by atoms with Gasteiger partial charge in [0.05, 0.1) is 16.9 Å². The second-order valence-corrected chi connectivity index (χ2v) is 6.08. The number of rotatable bonds is 5. The molecule has 1 atom stereocenters. The lowest BCUT2D eigenvalue weighted by Gasteiger charge is -2.03. The predicted molar refractivity (Wildman–Crippen MR) is 80.5 cm³/mol. The molecular formula is C12H12BrN3O3S. The molecule has 2 rings (SSSR count). The number of alkyl halides is 1. The van der Waals surface area contributed by atoms with Crippen molar-refractivity contribution < 1.29 is 9.66 Å². The zero-order valence-corrected chi connectivity index (χ0v) is 13.3. The van der Waals surface area contributed by atoms with Crippen LogP contribution in [0.3, 0.4) is 0 Å². The van der Waals surface area contributed by atoms with Crippen LogP contribution in [0.5, 0.6) is 5.75 Å². The lowest BCUT2D eigenvalue weighted by molar-refractivity contribution is -0.385. The number of ether oxygens (including phenoxy) is 1. The Morgan fingerprint density at radius 1 is 1.50 bits per heavy atom. The van der Waals surface area contributed by atoms with E-state index >= 15 is 0 Å². The number of halogens is 1. The van der Waals surface area contributed by atoms with Gasteiger partial charge in [-0.1, -0.05) is 34.2 Å². The maximum absolute atomic E-state index is 10.9. The van der Waals surface area contributed by atoms with Gasteiger partial charge in [-0.15, -0.1) is 10.2 Å². The summed E-state index contributed by atoms with van der Waals surface area (Å²) in [6, 6.07) is 4.68. The standard InChI is InChI=1S/C12H12BrN3O3S/c1-3-8(13)12-15-14-11(20-12)7-4-5-9(16(17)18)10(6-7)19-2/h4-6,8H,3H2,1-2H3. The summed E-state index contributed by atoms with van der Waals surface area (Å²) in [5.74, 6) is 0.218. The van der Waals surface area contributed by atoms with Crippen molar-refractivity contribution in [3.8, 4) is 16.3 Å². The van der Waals surface area contributed by atoms with E-state index in [0.29, 0.717) is 5.01 Å². The highest BCUT2D eigenvalue weighted by Gasteiger charge is 2.18. The molecule has 6 nitrogen and oxygen atoms in total. The van der Waals surface area contributed by atoms with E-state index in [1.54, 1.807) is 12.1 Å². The number of nitrogens with zero attached hydrogens (tertiary/aromatic N) is 3. The molecule has 0 N–H and O–H groups in total. The Balaban J connectivity index is 2.38. The van der Waals surface area contributed by atoms with Gasteiger partial charge in [0.15, 0.2) is 5.75 Å². The summed E-state index contributed by atoms with van der Waals surface area (Å²) in [6.07, 6.45) is 0.915. The number of nitro benzene ring substituents is 1. The van der Waals surface area contributed by atoms with Crippen LogP contribution >= 0.6 is 27.3 Å². The maximum atomic E-state index is 10.9. The van der Waals surface area contributed by atoms with Gasteiger partial charge in [-0.25, -0.2) is 0 Å².